The average Bonchev–Trinajstić information content (AvgIpc) is 2.51. The summed E-state index contributed by atoms with van der Waals surface area (Å²) in [7, 11) is 0. The molecule has 3 rings (SSSR count). The number of hydrogen-bond acceptors (Lipinski definition) is 3. The van der Waals surface area contributed by atoms with Crippen LogP contribution in [0.4, 0.5) is 0 Å². The average molecular weight is 215 g/mol. The Bertz CT molecular complexity index is 413. The van der Waals surface area contributed by atoms with Crippen LogP contribution in [-0.4, -0.2) is 27.0 Å². The van der Waals surface area contributed by atoms with E-state index in [-0.39, 0.29) is 0 Å². The summed E-state index contributed by atoms with van der Waals surface area (Å²) < 4.78 is 0. The van der Waals surface area contributed by atoms with Crippen LogP contribution in [0, 0.1) is 6.92 Å². The normalized spacial score (nSPS) is 28.6. The summed E-state index contributed by atoms with van der Waals surface area (Å²) in [4.78, 5) is 11.3. The van der Waals surface area contributed by atoms with E-state index in [1.54, 1.807) is 0 Å². The van der Waals surface area contributed by atoms with Crippen LogP contribution < -0.4 is 0 Å². The molecule has 16 heavy (non-hydrogen) atoms. The largest absolute Gasteiger partial charge is 0.288 e. The van der Waals surface area contributed by atoms with E-state index in [0.29, 0.717) is 6.04 Å². The van der Waals surface area contributed by atoms with Gasteiger partial charge in [0, 0.05) is 31.0 Å². The molecular weight excluding hydrogens is 198 g/mol. The van der Waals surface area contributed by atoms with Gasteiger partial charge in [-0.2, -0.15) is 0 Å². The van der Waals surface area contributed by atoms with E-state index >= 15 is 0 Å². The van der Waals surface area contributed by atoms with Gasteiger partial charge in [0.15, 0.2) is 0 Å². The molecule has 0 N–H and O–H groups in total. The van der Waals surface area contributed by atoms with Crippen LogP contribution >= 0.6 is 0 Å². The molecule has 0 aromatic carbocycles. The van der Waals surface area contributed by atoms with E-state index in [2.05, 4.69) is 27.0 Å². The van der Waals surface area contributed by atoms with Gasteiger partial charge in [0.05, 0.1) is 11.4 Å². The summed E-state index contributed by atoms with van der Waals surface area (Å²) in [5, 5.41) is 0. The SMILES string of the molecule is Cc1cncc(CN2C3C=CCC2CC3)n1. The summed E-state index contributed by atoms with van der Waals surface area (Å²) in [6.45, 7) is 2.95. The van der Waals surface area contributed by atoms with Crippen molar-refractivity contribution in [3.8, 4) is 0 Å². The van der Waals surface area contributed by atoms with Gasteiger partial charge in [-0.1, -0.05) is 12.2 Å². The molecule has 3 nitrogen and oxygen atoms in total. The predicted octanol–water partition coefficient (Wildman–Crippen LogP) is 2.08. The van der Waals surface area contributed by atoms with Gasteiger partial charge in [-0.25, -0.2) is 0 Å². The van der Waals surface area contributed by atoms with Crippen LogP contribution in [0.25, 0.3) is 0 Å². The van der Waals surface area contributed by atoms with Crippen molar-refractivity contribution in [2.45, 2.75) is 44.8 Å². The van der Waals surface area contributed by atoms with Crippen LogP contribution in [0.15, 0.2) is 24.5 Å². The lowest BCUT2D eigenvalue weighted by atomic mass is 10.1. The highest BCUT2D eigenvalue weighted by molar-refractivity contribution is 5.10. The minimum Gasteiger partial charge on any atom is -0.288 e. The topological polar surface area (TPSA) is 29.0 Å². The second-order valence-electron chi connectivity index (χ2n) is 4.79. The molecule has 1 aromatic heterocycles. The minimum absolute atomic E-state index is 0.640. The summed E-state index contributed by atoms with van der Waals surface area (Å²) in [6.07, 6.45) is 12.2. The van der Waals surface area contributed by atoms with E-state index in [9.17, 15) is 0 Å². The Kier molecular flexibility index (Phi) is 2.48. The summed E-state index contributed by atoms with van der Waals surface area (Å²) in [6, 6.07) is 1.37. The maximum atomic E-state index is 4.54. The first-order chi connectivity index (χ1) is 7.83. The monoisotopic (exact) mass is 215 g/mol. The molecule has 0 saturated carbocycles. The van der Waals surface area contributed by atoms with Crippen molar-refractivity contribution >= 4 is 0 Å². The Morgan fingerprint density at radius 1 is 1.38 bits per heavy atom. The van der Waals surface area contributed by atoms with Crippen molar-refractivity contribution in [3.05, 3.63) is 35.9 Å². The summed E-state index contributed by atoms with van der Waals surface area (Å²) in [5.74, 6) is 0. The first-order valence-electron chi connectivity index (χ1n) is 6.03. The number of nitrogens with zero attached hydrogens (tertiary/aromatic N) is 3. The Hall–Kier alpha value is -1.22. The zero-order valence-electron chi connectivity index (χ0n) is 9.63. The fraction of sp³-hybridized carbons (Fsp3) is 0.538. The van der Waals surface area contributed by atoms with Gasteiger partial charge in [-0.3, -0.25) is 14.9 Å². The molecule has 84 valence electrons. The van der Waals surface area contributed by atoms with Gasteiger partial charge in [-0.05, 0) is 26.2 Å². The van der Waals surface area contributed by atoms with Crippen molar-refractivity contribution in [1.29, 1.82) is 0 Å². The van der Waals surface area contributed by atoms with E-state index in [0.717, 1.165) is 24.0 Å². The number of aromatic nitrogens is 2. The first kappa shape index (κ1) is 9.97. The molecule has 0 amide bonds. The number of hydrogen-bond donors (Lipinski definition) is 0. The zero-order chi connectivity index (χ0) is 11.0. The van der Waals surface area contributed by atoms with E-state index < -0.39 is 0 Å². The Morgan fingerprint density at radius 2 is 2.31 bits per heavy atom. The maximum Gasteiger partial charge on any atom is 0.0730 e. The molecule has 1 aromatic rings. The molecule has 0 spiro atoms. The van der Waals surface area contributed by atoms with Crippen molar-refractivity contribution in [1.82, 2.24) is 14.9 Å². The van der Waals surface area contributed by atoms with Crippen molar-refractivity contribution < 1.29 is 0 Å². The fourth-order valence-electron chi connectivity index (χ4n) is 2.84. The Balaban J connectivity index is 1.78. The molecule has 1 saturated heterocycles. The van der Waals surface area contributed by atoms with Crippen LogP contribution in [0.5, 0.6) is 0 Å². The first-order valence-corrected chi connectivity index (χ1v) is 6.03. The molecule has 2 aliphatic heterocycles. The molecule has 2 aliphatic rings. The van der Waals surface area contributed by atoms with E-state index in [1.165, 1.54) is 19.3 Å². The van der Waals surface area contributed by atoms with Gasteiger partial charge in [0.2, 0.25) is 0 Å². The molecule has 2 unspecified atom stereocenters. The zero-order valence-corrected chi connectivity index (χ0v) is 9.63. The second-order valence-corrected chi connectivity index (χ2v) is 4.79. The van der Waals surface area contributed by atoms with Gasteiger partial charge >= 0.3 is 0 Å². The highest BCUT2D eigenvalue weighted by Gasteiger charge is 2.33. The molecule has 2 atom stereocenters. The van der Waals surface area contributed by atoms with Gasteiger partial charge in [0.25, 0.3) is 0 Å². The van der Waals surface area contributed by atoms with Crippen LogP contribution in [0.1, 0.15) is 30.7 Å². The maximum absolute atomic E-state index is 4.54. The quantitative estimate of drug-likeness (QED) is 0.707. The van der Waals surface area contributed by atoms with Crippen molar-refractivity contribution in [2.24, 2.45) is 0 Å². The van der Waals surface area contributed by atoms with Crippen molar-refractivity contribution in [3.63, 3.8) is 0 Å². The van der Waals surface area contributed by atoms with Crippen molar-refractivity contribution in [2.75, 3.05) is 0 Å². The third-order valence-electron chi connectivity index (χ3n) is 3.61. The molecule has 3 heteroatoms. The predicted molar refractivity (Wildman–Crippen MR) is 62.9 cm³/mol. The number of aryl methyl sites for hydroxylation is 1. The van der Waals surface area contributed by atoms with Crippen LogP contribution in [0.3, 0.4) is 0 Å². The molecule has 0 aliphatic carbocycles. The smallest absolute Gasteiger partial charge is 0.0730 e. The minimum atomic E-state index is 0.640. The standard InChI is InChI=1S/C13H17N3/c1-10-7-14-8-11(15-10)9-16-12-3-2-4-13(16)6-5-12/h2-3,7-8,12-13H,4-6,9H2,1H3. The van der Waals surface area contributed by atoms with Crippen LogP contribution in [0.2, 0.25) is 0 Å². The fourth-order valence-corrected chi connectivity index (χ4v) is 2.84. The third kappa shape index (κ3) is 1.76. The van der Waals surface area contributed by atoms with Gasteiger partial charge in [-0.15, -0.1) is 0 Å². The Labute approximate surface area is 96.2 Å². The third-order valence-corrected chi connectivity index (χ3v) is 3.61. The van der Waals surface area contributed by atoms with E-state index in [4.69, 9.17) is 0 Å². The Morgan fingerprint density at radius 3 is 3.12 bits per heavy atom. The lowest BCUT2D eigenvalue weighted by molar-refractivity contribution is 0.197. The lowest BCUT2D eigenvalue weighted by Crippen LogP contribution is -2.36. The van der Waals surface area contributed by atoms with Gasteiger partial charge < -0.3 is 0 Å². The second kappa shape index (κ2) is 3.98. The van der Waals surface area contributed by atoms with Crippen LogP contribution in [-0.2, 0) is 6.54 Å². The highest BCUT2D eigenvalue weighted by Crippen LogP contribution is 2.32. The summed E-state index contributed by atoms with van der Waals surface area (Å²) in [5.41, 5.74) is 2.12. The molecular formula is C13H17N3. The lowest BCUT2D eigenvalue weighted by Gasteiger charge is -2.30. The molecule has 1 fully saturated rings. The van der Waals surface area contributed by atoms with E-state index in [1.807, 2.05) is 19.3 Å². The van der Waals surface area contributed by atoms with Gasteiger partial charge in [0.1, 0.15) is 0 Å². The summed E-state index contributed by atoms with van der Waals surface area (Å²) >= 11 is 0. The number of rotatable bonds is 2. The highest BCUT2D eigenvalue weighted by atomic mass is 15.2. The number of fused-ring (bicyclic) bond motifs is 2. The molecule has 3 heterocycles. The molecule has 0 radical (unpaired) electrons. The molecule has 2 bridgehead atoms.